The predicted molar refractivity (Wildman–Crippen MR) is 112 cm³/mol. The average Bonchev–Trinajstić information content (AvgIpc) is 3.25. The van der Waals surface area contributed by atoms with Crippen LogP contribution in [0.2, 0.25) is 0 Å². The van der Waals surface area contributed by atoms with Crippen LogP contribution < -0.4 is 20.1 Å². The van der Waals surface area contributed by atoms with Crippen LogP contribution in [0.15, 0.2) is 48.5 Å². The third-order valence-corrected chi connectivity index (χ3v) is 4.42. The van der Waals surface area contributed by atoms with Gasteiger partial charge in [-0.05, 0) is 37.1 Å². The van der Waals surface area contributed by atoms with Gasteiger partial charge in [0, 0.05) is 37.2 Å². The van der Waals surface area contributed by atoms with Crippen molar-refractivity contribution in [3.8, 4) is 11.5 Å². The van der Waals surface area contributed by atoms with Crippen LogP contribution in [0.4, 0.5) is 11.4 Å². The number of carbonyl (C=O) groups is 1. The lowest BCUT2D eigenvalue weighted by molar-refractivity contribution is -0.114. The van der Waals surface area contributed by atoms with Gasteiger partial charge in [0.15, 0.2) is 0 Å². The van der Waals surface area contributed by atoms with Gasteiger partial charge in [-0.15, -0.1) is 0 Å². The van der Waals surface area contributed by atoms with E-state index in [9.17, 15) is 4.79 Å². The highest BCUT2D eigenvalue weighted by Gasteiger charge is 2.16. The summed E-state index contributed by atoms with van der Waals surface area (Å²) in [6.07, 6.45) is 2.30. The summed E-state index contributed by atoms with van der Waals surface area (Å²) in [7, 11) is 1.62. The summed E-state index contributed by atoms with van der Waals surface area (Å²) in [4.78, 5) is 12.3. The monoisotopic (exact) mass is 400 g/mol. The molecule has 156 valence electrons. The van der Waals surface area contributed by atoms with E-state index in [-0.39, 0.29) is 18.6 Å². The first-order valence-electron chi connectivity index (χ1n) is 9.83. The molecule has 29 heavy (non-hydrogen) atoms. The van der Waals surface area contributed by atoms with Crippen molar-refractivity contribution in [2.75, 3.05) is 50.7 Å². The standard InChI is InChI=1S/C22H28N2O5/c1-26-11-12-28-19-7-3-6-18(14-19)24-22(25)15-23-17-5-2-8-20(13-17)29-16-21-9-4-10-27-21/h2-3,5-8,13-14,21,23H,4,9-12,15-16H2,1H3,(H,24,25). The fourth-order valence-corrected chi connectivity index (χ4v) is 2.95. The first-order chi connectivity index (χ1) is 14.2. The maximum Gasteiger partial charge on any atom is 0.243 e. The van der Waals surface area contributed by atoms with Crippen molar-refractivity contribution < 1.29 is 23.7 Å². The predicted octanol–water partition coefficient (Wildman–Crippen LogP) is 3.32. The first kappa shape index (κ1) is 21.0. The molecule has 2 aromatic carbocycles. The SMILES string of the molecule is COCCOc1cccc(NC(=O)CNc2cccc(OCC3CCCO3)c2)c1. The van der Waals surface area contributed by atoms with Crippen LogP contribution in [0.25, 0.3) is 0 Å². The number of nitrogens with one attached hydrogen (secondary N) is 2. The molecular weight excluding hydrogens is 372 g/mol. The zero-order valence-corrected chi connectivity index (χ0v) is 16.7. The summed E-state index contributed by atoms with van der Waals surface area (Å²) >= 11 is 0. The van der Waals surface area contributed by atoms with Crippen molar-refractivity contribution in [2.45, 2.75) is 18.9 Å². The summed E-state index contributed by atoms with van der Waals surface area (Å²) < 4.78 is 21.9. The number of ether oxygens (including phenoxy) is 4. The Balaban J connectivity index is 1.44. The molecule has 1 saturated heterocycles. The van der Waals surface area contributed by atoms with Crippen LogP contribution in [0.3, 0.4) is 0 Å². The van der Waals surface area contributed by atoms with E-state index in [2.05, 4.69) is 10.6 Å². The van der Waals surface area contributed by atoms with Crippen molar-refractivity contribution in [3.63, 3.8) is 0 Å². The Kier molecular flexibility index (Phi) is 8.15. The lowest BCUT2D eigenvalue weighted by Crippen LogP contribution is -2.21. The Labute approximate surface area is 171 Å². The van der Waals surface area contributed by atoms with Gasteiger partial charge in [-0.1, -0.05) is 12.1 Å². The van der Waals surface area contributed by atoms with Gasteiger partial charge < -0.3 is 29.6 Å². The number of rotatable bonds is 11. The number of methoxy groups -OCH3 is 1. The van der Waals surface area contributed by atoms with E-state index < -0.39 is 0 Å². The van der Waals surface area contributed by atoms with Crippen LogP contribution in [0.5, 0.6) is 11.5 Å². The van der Waals surface area contributed by atoms with Crippen molar-refractivity contribution in [3.05, 3.63) is 48.5 Å². The normalized spacial score (nSPS) is 15.7. The van der Waals surface area contributed by atoms with Gasteiger partial charge in [-0.3, -0.25) is 4.79 Å². The molecular formula is C22H28N2O5. The van der Waals surface area contributed by atoms with E-state index in [0.29, 0.717) is 31.3 Å². The van der Waals surface area contributed by atoms with Crippen molar-refractivity contribution in [2.24, 2.45) is 0 Å². The average molecular weight is 400 g/mol. The molecule has 7 nitrogen and oxygen atoms in total. The molecule has 1 heterocycles. The minimum Gasteiger partial charge on any atom is -0.491 e. The Morgan fingerprint density at radius 3 is 2.59 bits per heavy atom. The van der Waals surface area contributed by atoms with Gasteiger partial charge in [-0.25, -0.2) is 0 Å². The first-order valence-corrected chi connectivity index (χ1v) is 9.83. The second kappa shape index (κ2) is 11.3. The summed E-state index contributed by atoms with van der Waals surface area (Å²) in [5.41, 5.74) is 1.50. The smallest absolute Gasteiger partial charge is 0.243 e. The summed E-state index contributed by atoms with van der Waals surface area (Å²) in [6, 6.07) is 14.9. The molecule has 0 aromatic heterocycles. The molecule has 1 aliphatic heterocycles. The topological polar surface area (TPSA) is 78.1 Å². The van der Waals surface area contributed by atoms with Gasteiger partial charge in [0.25, 0.3) is 0 Å². The maximum absolute atomic E-state index is 12.3. The molecule has 0 saturated carbocycles. The van der Waals surface area contributed by atoms with Crippen LogP contribution >= 0.6 is 0 Å². The lowest BCUT2D eigenvalue weighted by Gasteiger charge is -2.13. The summed E-state index contributed by atoms with van der Waals surface area (Å²) in [6.45, 7) is 2.47. The Morgan fingerprint density at radius 2 is 1.83 bits per heavy atom. The zero-order chi connectivity index (χ0) is 20.3. The maximum atomic E-state index is 12.3. The molecule has 7 heteroatoms. The van der Waals surface area contributed by atoms with Crippen LogP contribution in [-0.4, -0.2) is 52.1 Å². The van der Waals surface area contributed by atoms with Crippen LogP contribution in [0, 0.1) is 0 Å². The molecule has 1 atom stereocenters. The van der Waals surface area contributed by atoms with Gasteiger partial charge in [0.2, 0.25) is 5.91 Å². The Hall–Kier alpha value is -2.77. The van der Waals surface area contributed by atoms with E-state index in [0.717, 1.165) is 30.9 Å². The van der Waals surface area contributed by atoms with Crippen molar-refractivity contribution in [1.29, 1.82) is 0 Å². The highest BCUT2D eigenvalue weighted by Crippen LogP contribution is 2.20. The highest BCUT2D eigenvalue weighted by atomic mass is 16.5. The minimum absolute atomic E-state index is 0.143. The van der Waals surface area contributed by atoms with Gasteiger partial charge >= 0.3 is 0 Å². The fraction of sp³-hybridized carbons (Fsp3) is 0.409. The number of benzene rings is 2. The lowest BCUT2D eigenvalue weighted by atomic mass is 10.2. The number of hydrogen-bond donors (Lipinski definition) is 2. The molecule has 3 rings (SSSR count). The van der Waals surface area contributed by atoms with Gasteiger partial charge in [0.05, 0.1) is 19.3 Å². The van der Waals surface area contributed by atoms with Crippen LogP contribution in [0.1, 0.15) is 12.8 Å². The molecule has 1 aliphatic rings. The van der Waals surface area contributed by atoms with E-state index in [1.807, 2.05) is 42.5 Å². The number of hydrogen-bond acceptors (Lipinski definition) is 6. The highest BCUT2D eigenvalue weighted by molar-refractivity contribution is 5.93. The Morgan fingerprint density at radius 1 is 1.07 bits per heavy atom. The number of amides is 1. The second-order valence-electron chi connectivity index (χ2n) is 6.74. The van der Waals surface area contributed by atoms with E-state index in [1.165, 1.54) is 0 Å². The molecule has 0 bridgehead atoms. The van der Waals surface area contributed by atoms with Gasteiger partial charge in [-0.2, -0.15) is 0 Å². The second-order valence-corrected chi connectivity index (χ2v) is 6.74. The van der Waals surface area contributed by atoms with E-state index >= 15 is 0 Å². The molecule has 0 radical (unpaired) electrons. The molecule has 0 aliphatic carbocycles. The van der Waals surface area contributed by atoms with E-state index in [1.54, 1.807) is 13.2 Å². The number of carbonyl (C=O) groups excluding carboxylic acids is 1. The largest absolute Gasteiger partial charge is 0.491 e. The Bertz CT molecular complexity index is 777. The third kappa shape index (κ3) is 7.29. The molecule has 2 aromatic rings. The van der Waals surface area contributed by atoms with Crippen LogP contribution in [-0.2, 0) is 14.3 Å². The summed E-state index contributed by atoms with van der Waals surface area (Å²) in [5.74, 6) is 1.29. The fourth-order valence-electron chi connectivity index (χ4n) is 2.95. The van der Waals surface area contributed by atoms with Crippen molar-refractivity contribution in [1.82, 2.24) is 0 Å². The summed E-state index contributed by atoms with van der Waals surface area (Å²) in [5, 5.41) is 5.98. The number of anilines is 2. The quantitative estimate of drug-likeness (QED) is 0.564. The van der Waals surface area contributed by atoms with Crippen molar-refractivity contribution >= 4 is 17.3 Å². The molecule has 2 N–H and O–H groups in total. The molecule has 1 fully saturated rings. The third-order valence-electron chi connectivity index (χ3n) is 4.42. The zero-order valence-electron chi connectivity index (χ0n) is 16.7. The van der Waals surface area contributed by atoms with E-state index in [4.69, 9.17) is 18.9 Å². The molecule has 0 spiro atoms. The molecule has 1 unspecified atom stereocenters. The molecule has 1 amide bonds. The van der Waals surface area contributed by atoms with Gasteiger partial charge in [0.1, 0.15) is 24.7 Å². The minimum atomic E-state index is -0.148.